The standard InChI is InChI=1S/C27H52O11S/c1-3-4-5-6-7-8-9-10-11-12-13-14-15-16-17-18-21(29)27(34,26(33,19-28)39(35,36)37)25-24(32)23(31)22(30)20(2)38-25/h20,22-25,28,30-34H,3-19H2,1-2H3,(H,35,36,37)/t20-,22+,23+,24-,25?,26?,27?/m0/s1. The van der Waals surface area contributed by atoms with Gasteiger partial charge >= 0.3 is 10.1 Å². The van der Waals surface area contributed by atoms with Crippen molar-refractivity contribution in [2.75, 3.05) is 6.61 Å². The Labute approximate surface area is 233 Å². The highest BCUT2D eigenvalue weighted by Crippen LogP contribution is 2.39. The van der Waals surface area contributed by atoms with E-state index in [2.05, 4.69) is 6.92 Å². The zero-order valence-corrected chi connectivity index (χ0v) is 24.4. The maximum atomic E-state index is 13.2. The van der Waals surface area contributed by atoms with E-state index in [9.17, 15) is 48.4 Å². The average molecular weight is 585 g/mol. The van der Waals surface area contributed by atoms with Crippen LogP contribution >= 0.6 is 0 Å². The highest BCUT2D eigenvalue weighted by molar-refractivity contribution is 7.87. The van der Waals surface area contributed by atoms with Gasteiger partial charge in [0.15, 0.2) is 11.4 Å². The largest absolute Gasteiger partial charge is 0.392 e. The molecule has 232 valence electrons. The molecule has 7 N–H and O–H groups in total. The number of Topliss-reactive ketones (excluding diaryl/α,β-unsaturated/α-hetero) is 1. The summed E-state index contributed by atoms with van der Waals surface area (Å²) >= 11 is 0. The molecule has 3 unspecified atom stereocenters. The van der Waals surface area contributed by atoms with Gasteiger partial charge in [0.25, 0.3) is 4.93 Å². The molecule has 0 radical (unpaired) electrons. The van der Waals surface area contributed by atoms with E-state index in [0.29, 0.717) is 6.42 Å². The molecule has 1 heterocycles. The van der Waals surface area contributed by atoms with Crippen LogP contribution < -0.4 is 0 Å². The molecular formula is C27H52O11S. The molecule has 0 bridgehead atoms. The summed E-state index contributed by atoms with van der Waals surface area (Å²) in [6.07, 6.45) is 6.30. The summed E-state index contributed by atoms with van der Waals surface area (Å²) in [6.45, 7) is 1.65. The van der Waals surface area contributed by atoms with Crippen LogP contribution in [0.5, 0.6) is 0 Å². The molecule has 1 rings (SSSR count). The second kappa shape index (κ2) is 17.3. The smallest absolute Gasteiger partial charge is 0.301 e. The number of hydrogen-bond donors (Lipinski definition) is 7. The van der Waals surface area contributed by atoms with E-state index in [1.54, 1.807) is 0 Å². The normalized spacial score (nSPS) is 27.2. The van der Waals surface area contributed by atoms with Crippen molar-refractivity contribution in [3.8, 4) is 0 Å². The summed E-state index contributed by atoms with van der Waals surface area (Å²) < 4.78 is 38.9. The third kappa shape index (κ3) is 9.68. The van der Waals surface area contributed by atoms with Crippen LogP contribution in [0.3, 0.4) is 0 Å². The van der Waals surface area contributed by atoms with Gasteiger partial charge in [-0.05, 0) is 13.3 Å². The third-order valence-electron chi connectivity index (χ3n) is 7.93. The van der Waals surface area contributed by atoms with E-state index in [1.165, 1.54) is 64.7 Å². The molecule has 0 aliphatic carbocycles. The van der Waals surface area contributed by atoms with Crippen LogP contribution in [-0.2, 0) is 19.6 Å². The summed E-state index contributed by atoms with van der Waals surface area (Å²) in [5.74, 6) is -1.30. The van der Waals surface area contributed by atoms with Crippen molar-refractivity contribution in [3.05, 3.63) is 0 Å². The van der Waals surface area contributed by atoms with Crippen LogP contribution in [0.25, 0.3) is 0 Å². The fraction of sp³-hybridized carbons (Fsp3) is 0.963. The maximum Gasteiger partial charge on any atom is 0.301 e. The van der Waals surface area contributed by atoms with Crippen LogP contribution in [-0.4, -0.2) is 97.1 Å². The minimum Gasteiger partial charge on any atom is -0.392 e. The Morgan fingerprint density at radius 1 is 0.744 bits per heavy atom. The highest BCUT2D eigenvalue weighted by Gasteiger charge is 2.69. The zero-order chi connectivity index (χ0) is 29.7. The lowest BCUT2D eigenvalue weighted by atomic mass is 9.77. The number of hydrogen-bond acceptors (Lipinski definition) is 10. The number of ether oxygens (including phenoxy) is 1. The Morgan fingerprint density at radius 3 is 1.54 bits per heavy atom. The molecule has 1 aliphatic rings. The summed E-state index contributed by atoms with van der Waals surface area (Å²) in [4.78, 5) is 9.31. The predicted octanol–water partition coefficient (Wildman–Crippen LogP) is 1.99. The number of unbranched alkanes of at least 4 members (excludes halogenated alkanes) is 14. The maximum absolute atomic E-state index is 13.2. The number of ketones is 1. The number of carbonyl (C=O) groups is 1. The zero-order valence-electron chi connectivity index (χ0n) is 23.6. The number of rotatable bonds is 21. The number of aliphatic hydroxyl groups excluding tert-OH is 4. The average Bonchev–Trinajstić information content (AvgIpc) is 2.89. The van der Waals surface area contributed by atoms with Gasteiger partial charge in [0.05, 0.1) is 12.7 Å². The topological polar surface area (TPSA) is 202 Å². The van der Waals surface area contributed by atoms with E-state index in [1.807, 2.05) is 0 Å². The Bertz CT molecular complexity index is 808. The van der Waals surface area contributed by atoms with Gasteiger partial charge in [0.2, 0.25) is 0 Å². The Hall–Kier alpha value is -0.700. The first-order chi connectivity index (χ1) is 18.3. The molecule has 0 aromatic heterocycles. The van der Waals surface area contributed by atoms with E-state index >= 15 is 0 Å². The molecule has 0 aromatic rings. The van der Waals surface area contributed by atoms with E-state index in [-0.39, 0.29) is 6.42 Å². The van der Waals surface area contributed by atoms with Crippen molar-refractivity contribution >= 4 is 15.9 Å². The lowest BCUT2D eigenvalue weighted by Gasteiger charge is -2.49. The van der Waals surface area contributed by atoms with Crippen LogP contribution in [0.1, 0.15) is 117 Å². The molecule has 0 amide bonds. The molecule has 0 spiro atoms. The van der Waals surface area contributed by atoms with Crippen molar-refractivity contribution in [1.82, 2.24) is 0 Å². The molecule has 11 nitrogen and oxygen atoms in total. The quantitative estimate of drug-likeness (QED) is 0.0768. The fourth-order valence-electron chi connectivity index (χ4n) is 5.24. The second-order valence-electron chi connectivity index (χ2n) is 11.0. The van der Waals surface area contributed by atoms with Crippen LogP contribution in [0.2, 0.25) is 0 Å². The molecule has 1 saturated heterocycles. The van der Waals surface area contributed by atoms with Gasteiger partial charge < -0.3 is 35.4 Å². The minimum absolute atomic E-state index is 0.204. The number of aliphatic hydroxyl groups is 6. The number of carbonyl (C=O) groups excluding carboxylic acids is 1. The summed E-state index contributed by atoms with van der Waals surface area (Å²) in [7, 11) is -5.70. The molecule has 1 aliphatic heterocycles. The molecule has 0 saturated carbocycles. The van der Waals surface area contributed by atoms with E-state index in [4.69, 9.17) is 4.74 Å². The summed E-state index contributed by atoms with van der Waals surface area (Å²) in [6, 6.07) is 0. The van der Waals surface area contributed by atoms with Crippen molar-refractivity contribution in [2.24, 2.45) is 0 Å². The van der Waals surface area contributed by atoms with Crippen molar-refractivity contribution in [3.63, 3.8) is 0 Å². The minimum atomic E-state index is -5.70. The molecule has 39 heavy (non-hydrogen) atoms. The third-order valence-corrected chi connectivity index (χ3v) is 9.23. The Morgan fingerprint density at radius 2 is 1.15 bits per heavy atom. The Balaban J connectivity index is 2.60. The molecular weight excluding hydrogens is 532 g/mol. The van der Waals surface area contributed by atoms with Crippen molar-refractivity contribution in [2.45, 2.75) is 158 Å². The van der Waals surface area contributed by atoms with Gasteiger partial charge in [0.1, 0.15) is 24.4 Å². The lowest BCUT2D eigenvalue weighted by molar-refractivity contribution is -0.278. The van der Waals surface area contributed by atoms with Crippen molar-refractivity contribution < 1.29 is 53.1 Å². The van der Waals surface area contributed by atoms with Gasteiger partial charge in [-0.3, -0.25) is 9.35 Å². The Kier molecular flexibility index (Phi) is 16.1. The van der Waals surface area contributed by atoms with Crippen LogP contribution in [0, 0.1) is 0 Å². The molecule has 12 heteroatoms. The first kappa shape index (κ1) is 36.3. The summed E-state index contributed by atoms with van der Waals surface area (Å²) in [5, 5.41) is 62.1. The fourth-order valence-corrected chi connectivity index (χ4v) is 6.03. The monoisotopic (exact) mass is 584 g/mol. The first-order valence-electron chi connectivity index (χ1n) is 14.5. The SMILES string of the molecule is CCCCCCCCCCCCCCCCCC(=O)C(O)(C1O[C@@H](C)[C@@H](O)[C@@H](O)[C@@H]1O)C(O)(CO)S(=O)(=O)O. The van der Waals surface area contributed by atoms with Gasteiger partial charge in [-0.2, -0.15) is 8.42 Å². The van der Waals surface area contributed by atoms with Crippen LogP contribution in [0.15, 0.2) is 0 Å². The second-order valence-corrected chi connectivity index (χ2v) is 12.7. The van der Waals surface area contributed by atoms with Gasteiger partial charge in [-0.15, -0.1) is 0 Å². The van der Waals surface area contributed by atoms with Gasteiger partial charge in [0, 0.05) is 6.42 Å². The highest BCUT2D eigenvalue weighted by atomic mass is 32.2. The predicted molar refractivity (Wildman–Crippen MR) is 145 cm³/mol. The first-order valence-corrected chi connectivity index (χ1v) is 16.0. The van der Waals surface area contributed by atoms with E-state index < -0.39 is 70.0 Å². The van der Waals surface area contributed by atoms with Gasteiger partial charge in [-0.1, -0.05) is 96.8 Å². The lowest BCUT2D eigenvalue weighted by Crippen LogP contribution is -2.76. The molecule has 0 aromatic carbocycles. The van der Waals surface area contributed by atoms with E-state index in [0.717, 1.165) is 25.7 Å². The van der Waals surface area contributed by atoms with Crippen LogP contribution in [0.4, 0.5) is 0 Å². The molecule has 7 atom stereocenters. The molecule has 1 fully saturated rings. The summed E-state index contributed by atoms with van der Waals surface area (Å²) in [5.41, 5.74) is -3.54. The van der Waals surface area contributed by atoms with Crippen molar-refractivity contribution in [1.29, 1.82) is 0 Å². The van der Waals surface area contributed by atoms with Gasteiger partial charge in [-0.25, -0.2) is 0 Å².